The van der Waals surface area contributed by atoms with Crippen LogP contribution in [0, 0.1) is 39.5 Å². The third-order valence-corrected chi connectivity index (χ3v) is 9.68. The number of allylic oxidation sites excluding steroid dienone is 4. The molecule has 2 aromatic carbocycles. The summed E-state index contributed by atoms with van der Waals surface area (Å²) >= 11 is 4.24. The average Bonchev–Trinajstić information content (AvgIpc) is 3.87. The topological polar surface area (TPSA) is 155 Å². The summed E-state index contributed by atoms with van der Waals surface area (Å²) in [5.41, 5.74) is 3.69. The molecule has 0 bridgehead atoms. The monoisotopic (exact) mass is 974 g/mol. The van der Waals surface area contributed by atoms with Crippen LogP contribution < -0.4 is 22.5 Å². The van der Waals surface area contributed by atoms with Crippen LogP contribution in [-0.2, 0) is 19.4 Å². The molecule has 2 aliphatic carbocycles. The highest BCUT2D eigenvalue weighted by Gasteiger charge is 2.24. The predicted octanol–water partition coefficient (Wildman–Crippen LogP) is 8.52. The Kier molecular flexibility index (Phi) is 18.2. The number of nitrogens with one attached hydrogen (secondary N) is 3. The standard InChI is InChI=1S/C21H24N2O3.C15H16N2O3.C7H12.I2/c1-4-17-18(19(24)16-10-13(2)9-14(3)11-16)23(21(26)22-20(17)25)12-15-7-5-6-8-15;1-4-11-12(16-15(20)17-14(11)19)13(18)10-6-8(2)5-9(3)7-10;1-2-7-5-3-4-6-7;1-2/h5-6,9-11,15H,4,7-8,12H2,1-3H3,(H,22,25,26);5-7H,4H2,1-3H3,(H2,16,17,19,20);3-4,7H,2,5-6H2,1H3;. The summed E-state index contributed by atoms with van der Waals surface area (Å²) in [6, 6.07) is 11.1. The summed E-state index contributed by atoms with van der Waals surface area (Å²) in [6.45, 7) is 13.9. The number of hydrogen-bond acceptors (Lipinski definition) is 6. The lowest BCUT2D eigenvalue weighted by Crippen LogP contribution is -2.38. The average molecular weight is 975 g/mol. The number of halogens is 2. The highest BCUT2D eigenvalue weighted by Crippen LogP contribution is 2.22. The Labute approximate surface area is 345 Å². The summed E-state index contributed by atoms with van der Waals surface area (Å²) in [6.07, 6.45) is 15.3. The summed E-state index contributed by atoms with van der Waals surface area (Å²) in [4.78, 5) is 80.7. The number of aromatic amines is 3. The van der Waals surface area contributed by atoms with Crippen molar-refractivity contribution in [3.8, 4) is 0 Å². The molecule has 2 aromatic heterocycles. The Balaban J connectivity index is 0.000000247. The molecule has 4 aromatic rings. The summed E-state index contributed by atoms with van der Waals surface area (Å²) in [5.74, 6) is 0.661. The fraction of sp³-hybridized carbons (Fsp3) is 0.395. The van der Waals surface area contributed by atoms with E-state index in [-0.39, 0.29) is 28.9 Å². The molecule has 55 heavy (non-hydrogen) atoms. The van der Waals surface area contributed by atoms with Gasteiger partial charge in [0.1, 0.15) is 5.69 Å². The van der Waals surface area contributed by atoms with E-state index in [0.717, 1.165) is 41.0 Å². The molecule has 2 aliphatic rings. The van der Waals surface area contributed by atoms with Gasteiger partial charge in [-0.25, -0.2) is 9.59 Å². The Morgan fingerprint density at radius 1 is 0.618 bits per heavy atom. The molecule has 0 unspecified atom stereocenters. The van der Waals surface area contributed by atoms with Crippen molar-refractivity contribution in [3.63, 3.8) is 0 Å². The minimum Gasteiger partial charge on any atom is -0.304 e. The van der Waals surface area contributed by atoms with E-state index >= 15 is 0 Å². The maximum absolute atomic E-state index is 13.3. The Bertz CT molecular complexity index is 2220. The molecule has 0 fully saturated rings. The van der Waals surface area contributed by atoms with E-state index in [0.29, 0.717) is 41.6 Å². The summed E-state index contributed by atoms with van der Waals surface area (Å²) in [5, 5.41) is 0. The maximum atomic E-state index is 13.3. The molecule has 0 spiro atoms. The van der Waals surface area contributed by atoms with Gasteiger partial charge < -0.3 is 4.98 Å². The van der Waals surface area contributed by atoms with Gasteiger partial charge in [-0.3, -0.25) is 33.7 Å². The predicted molar refractivity (Wildman–Crippen MR) is 239 cm³/mol. The fourth-order valence-electron chi connectivity index (χ4n) is 7.00. The number of aryl methyl sites for hydroxylation is 4. The van der Waals surface area contributed by atoms with Crippen molar-refractivity contribution in [3.05, 3.63) is 158 Å². The number of H-pyrrole nitrogens is 3. The van der Waals surface area contributed by atoms with Gasteiger partial charge >= 0.3 is 11.4 Å². The number of hydrogen-bond donors (Lipinski definition) is 3. The van der Waals surface area contributed by atoms with Crippen LogP contribution in [0.3, 0.4) is 0 Å². The van der Waals surface area contributed by atoms with E-state index in [2.05, 4.69) is 83.4 Å². The Morgan fingerprint density at radius 3 is 1.49 bits per heavy atom. The van der Waals surface area contributed by atoms with Crippen LogP contribution in [-0.4, -0.2) is 31.1 Å². The molecule has 0 aliphatic heterocycles. The van der Waals surface area contributed by atoms with Gasteiger partial charge in [-0.1, -0.05) is 85.9 Å². The lowest BCUT2D eigenvalue weighted by atomic mass is 9.98. The van der Waals surface area contributed by atoms with Crippen molar-refractivity contribution in [2.24, 2.45) is 11.8 Å². The number of carbonyl (C=O) groups excluding carboxylic acids is 2. The molecule has 0 radical (unpaired) electrons. The van der Waals surface area contributed by atoms with Gasteiger partial charge in [-0.2, -0.15) is 0 Å². The van der Waals surface area contributed by atoms with Crippen molar-refractivity contribution in [1.82, 2.24) is 19.5 Å². The SMILES string of the molecule is CCC1CC=CC1.CCc1c(C(=O)c2cc(C)cc(C)c2)[nH]c(=O)[nH]c1=O.CCc1c(C(=O)c2cc(C)cc(C)c2)n(CC2CC=CC2)c(=O)[nH]c1=O.II. The van der Waals surface area contributed by atoms with E-state index in [1.807, 2.05) is 58.9 Å². The first-order chi connectivity index (χ1) is 26.3. The molecule has 0 amide bonds. The lowest BCUT2D eigenvalue weighted by molar-refractivity contribution is 0.102. The van der Waals surface area contributed by atoms with E-state index in [1.54, 1.807) is 19.1 Å². The largest absolute Gasteiger partial charge is 0.328 e. The van der Waals surface area contributed by atoms with Crippen molar-refractivity contribution >= 4 is 48.8 Å². The van der Waals surface area contributed by atoms with Gasteiger partial charge in [0.15, 0.2) is 0 Å². The Morgan fingerprint density at radius 2 is 1.05 bits per heavy atom. The zero-order chi connectivity index (χ0) is 40.8. The first-order valence-electron chi connectivity index (χ1n) is 18.7. The number of benzene rings is 2. The van der Waals surface area contributed by atoms with Crippen molar-refractivity contribution in [2.45, 2.75) is 100.0 Å². The number of aromatic nitrogens is 4. The smallest absolute Gasteiger partial charge is 0.304 e. The van der Waals surface area contributed by atoms with Crippen LogP contribution in [0.4, 0.5) is 0 Å². The van der Waals surface area contributed by atoms with E-state index < -0.39 is 22.5 Å². The van der Waals surface area contributed by atoms with Gasteiger partial charge in [0.05, 0.1) is 5.69 Å². The molecule has 0 saturated carbocycles. The molecular weight excluding hydrogens is 922 g/mol. The summed E-state index contributed by atoms with van der Waals surface area (Å²) in [7, 11) is 0. The number of rotatable bonds is 9. The Hall–Kier alpha value is -3.92. The second-order valence-corrected chi connectivity index (χ2v) is 14.1. The highest BCUT2D eigenvalue weighted by atomic mass is 128. The minimum absolute atomic E-state index is 0.0752. The molecule has 6 rings (SSSR count). The first-order valence-corrected chi connectivity index (χ1v) is 25.0. The van der Waals surface area contributed by atoms with Gasteiger partial charge in [0.2, 0.25) is 11.6 Å². The quantitative estimate of drug-likeness (QED) is 0.0869. The molecule has 2 heterocycles. The molecule has 12 heteroatoms. The van der Waals surface area contributed by atoms with Crippen LogP contribution in [0.5, 0.6) is 0 Å². The third kappa shape index (κ3) is 12.5. The number of carbonyl (C=O) groups is 2. The van der Waals surface area contributed by atoms with Gasteiger partial charge in [-0.05, 0) is 102 Å². The lowest BCUT2D eigenvalue weighted by Gasteiger charge is -2.18. The zero-order valence-corrected chi connectivity index (χ0v) is 37.1. The fourth-order valence-corrected chi connectivity index (χ4v) is 7.00. The third-order valence-electron chi connectivity index (χ3n) is 9.68. The van der Waals surface area contributed by atoms with Gasteiger partial charge in [0, 0.05) is 66.0 Å². The van der Waals surface area contributed by atoms with Crippen molar-refractivity contribution in [1.29, 1.82) is 0 Å². The van der Waals surface area contributed by atoms with Crippen LogP contribution in [0.25, 0.3) is 0 Å². The van der Waals surface area contributed by atoms with Crippen LogP contribution in [0.2, 0.25) is 0 Å². The molecule has 0 saturated heterocycles. The second-order valence-electron chi connectivity index (χ2n) is 14.1. The number of nitrogens with zero attached hydrogens (tertiary/aromatic N) is 1. The second kappa shape index (κ2) is 22.0. The normalized spacial score (nSPS) is 13.3. The van der Waals surface area contributed by atoms with E-state index in [1.165, 1.54) is 23.8 Å². The van der Waals surface area contributed by atoms with Crippen LogP contribution >= 0.6 is 37.2 Å². The number of ketones is 2. The van der Waals surface area contributed by atoms with Gasteiger partial charge in [0.25, 0.3) is 11.1 Å². The van der Waals surface area contributed by atoms with Crippen molar-refractivity contribution < 1.29 is 9.59 Å². The minimum atomic E-state index is -0.667. The van der Waals surface area contributed by atoms with E-state index in [4.69, 9.17) is 0 Å². The molecule has 294 valence electrons. The first kappa shape index (κ1) is 45.5. The van der Waals surface area contributed by atoms with Gasteiger partial charge in [-0.15, -0.1) is 0 Å². The highest BCUT2D eigenvalue weighted by molar-refractivity contribution is 15.0. The zero-order valence-electron chi connectivity index (χ0n) is 32.7. The molecular formula is C43H52I2N4O6. The van der Waals surface area contributed by atoms with Crippen LogP contribution in [0.1, 0.15) is 118 Å². The molecule has 3 N–H and O–H groups in total. The summed E-state index contributed by atoms with van der Waals surface area (Å²) < 4.78 is 1.47. The van der Waals surface area contributed by atoms with Crippen molar-refractivity contribution in [2.75, 3.05) is 0 Å². The molecule has 10 nitrogen and oxygen atoms in total. The molecule has 0 atom stereocenters. The maximum Gasteiger partial charge on any atom is 0.328 e. The van der Waals surface area contributed by atoms with Crippen LogP contribution in [0.15, 0.2) is 79.9 Å². The van der Waals surface area contributed by atoms with E-state index in [9.17, 15) is 28.8 Å².